The van der Waals surface area contributed by atoms with Gasteiger partial charge in [0.05, 0.1) is 12.9 Å². The van der Waals surface area contributed by atoms with E-state index in [1.165, 1.54) is 6.26 Å². The molecule has 0 saturated heterocycles. The predicted molar refractivity (Wildman–Crippen MR) is 133 cm³/mol. The van der Waals surface area contributed by atoms with E-state index < -0.39 is 0 Å². The van der Waals surface area contributed by atoms with Crippen LogP contribution in [0.25, 0.3) is 0 Å². The number of ether oxygens (including phenoxy) is 1. The third-order valence-electron chi connectivity index (χ3n) is 4.24. The first kappa shape index (κ1) is 24.3. The van der Waals surface area contributed by atoms with Crippen LogP contribution in [-0.2, 0) is 6.54 Å². The number of nitrogens with zero attached hydrogens (tertiary/aromatic N) is 1. The molecule has 7 nitrogen and oxygen atoms in total. The van der Waals surface area contributed by atoms with E-state index in [1.54, 1.807) is 19.2 Å². The highest BCUT2D eigenvalue weighted by molar-refractivity contribution is 14.0. The number of nitrogens with one attached hydrogen (secondary N) is 3. The number of carbonyl (C=O) groups is 1. The lowest BCUT2D eigenvalue weighted by Crippen LogP contribution is -2.37. The van der Waals surface area contributed by atoms with Crippen LogP contribution in [0.3, 0.4) is 0 Å². The molecule has 0 atom stereocenters. The number of halogens is 1. The fourth-order valence-electron chi connectivity index (χ4n) is 2.75. The maximum Gasteiger partial charge on any atom is 0.291 e. The van der Waals surface area contributed by atoms with Crippen LogP contribution in [-0.4, -0.2) is 32.1 Å². The van der Waals surface area contributed by atoms with Crippen molar-refractivity contribution < 1.29 is 13.9 Å². The minimum atomic E-state index is -0.277. The number of furan rings is 1. The molecule has 1 amide bonds. The van der Waals surface area contributed by atoms with Gasteiger partial charge in [-0.3, -0.25) is 9.79 Å². The van der Waals surface area contributed by atoms with Gasteiger partial charge in [0.1, 0.15) is 5.75 Å². The van der Waals surface area contributed by atoms with Crippen molar-refractivity contribution in [2.24, 2.45) is 4.99 Å². The molecule has 3 rings (SSSR count). The minimum Gasteiger partial charge on any atom is -0.494 e. The summed E-state index contributed by atoms with van der Waals surface area (Å²) < 4.78 is 10.8. The number of amides is 1. The Balaban J connectivity index is 0.00000341. The Hall–Kier alpha value is -3.01. The van der Waals surface area contributed by atoms with Crippen LogP contribution >= 0.6 is 24.0 Å². The first-order valence-electron chi connectivity index (χ1n) is 9.81. The number of para-hydroxylation sites is 1. The summed E-state index contributed by atoms with van der Waals surface area (Å²) in [5, 5.41) is 9.37. The van der Waals surface area contributed by atoms with Crippen molar-refractivity contribution in [3.05, 3.63) is 84.3 Å². The zero-order valence-electron chi connectivity index (χ0n) is 17.3. The van der Waals surface area contributed by atoms with Gasteiger partial charge in [0.2, 0.25) is 0 Å². The molecule has 0 unspecified atom stereocenters. The van der Waals surface area contributed by atoms with E-state index in [1.807, 2.05) is 54.6 Å². The number of aliphatic imine (C=N–C) groups is 1. The summed E-state index contributed by atoms with van der Waals surface area (Å²) >= 11 is 0. The molecule has 164 valence electrons. The standard InChI is InChI=1S/C23H26N4O3.HI/c1-24-23(25-13-7-15-29-20-10-3-2-4-11-20)26-17-18-8-5-9-19(16-18)27-22(28)21-12-6-14-30-21;/h2-6,8-12,14,16H,7,13,15,17H2,1H3,(H,27,28)(H2,24,25,26);1H. The normalized spacial score (nSPS) is 10.7. The highest BCUT2D eigenvalue weighted by Gasteiger charge is 2.09. The second kappa shape index (κ2) is 13.3. The van der Waals surface area contributed by atoms with E-state index in [9.17, 15) is 4.79 Å². The van der Waals surface area contributed by atoms with Crippen LogP contribution in [0.1, 0.15) is 22.5 Å². The van der Waals surface area contributed by atoms with Gasteiger partial charge >= 0.3 is 0 Å². The molecule has 3 aromatic rings. The Bertz CT molecular complexity index is 946. The van der Waals surface area contributed by atoms with Crippen LogP contribution < -0.4 is 20.7 Å². The molecule has 0 aliphatic heterocycles. The maximum atomic E-state index is 12.1. The average molecular weight is 534 g/mol. The molecule has 0 spiro atoms. The van der Waals surface area contributed by atoms with E-state index in [4.69, 9.17) is 9.15 Å². The Morgan fingerprint density at radius 2 is 1.87 bits per heavy atom. The van der Waals surface area contributed by atoms with E-state index in [0.29, 0.717) is 24.8 Å². The second-order valence-corrected chi connectivity index (χ2v) is 6.50. The number of carbonyl (C=O) groups excluding carboxylic acids is 1. The topological polar surface area (TPSA) is 87.9 Å². The zero-order valence-corrected chi connectivity index (χ0v) is 19.7. The van der Waals surface area contributed by atoms with Crippen LogP contribution in [0.15, 0.2) is 82.4 Å². The lowest BCUT2D eigenvalue weighted by atomic mass is 10.2. The second-order valence-electron chi connectivity index (χ2n) is 6.50. The van der Waals surface area contributed by atoms with Crippen molar-refractivity contribution in [3.63, 3.8) is 0 Å². The Kier molecular flexibility index (Phi) is 10.4. The molecule has 0 aliphatic rings. The van der Waals surface area contributed by atoms with Gasteiger partial charge in [-0.1, -0.05) is 30.3 Å². The third kappa shape index (κ3) is 8.33. The van der Waals surface area contributed by atoms with Crippen molar-refractivity contribution in [2.45, 2.75) is 13.0 Å². The van der Waals surface area contributed by atoms with Gasteiger partial charge in [-0.15, -0.1) is 24.0 Å². The van der Waals surface area contributed by atoms with Crippen LogP contribution in [0.2, 0.25) is 0 Å². The van der Waals surface area contributed by atoms with Gasteiger partial charge in [0.15, 0.2) is 11.7 Å². The fourth-order valence-corrected chi connectivity index (χ4v) is 2.75. The predicted octanol–water partition coefficient (Wildman–Crippen LogP) is 4.28. The molecular formula is C23H27IN4O3. The largest absolute Gasteiger partial charge is 0.494 e. The van der Waals surface area contributed by atoms with E-state index in [0.717, 1.165) is 24.3 Å². The summed E-state index contributed by atoms with van der Waals surface area (Å²) in [5.41, 5.74) is 1.72. The summed E-state index contributed by atoms with van der Waals surface area (Å²) in [7, 11) is 1.73. The van der Waals surface area contributed by atoms with Gasteiger partial charge in [0.25, 0.3) is 5.91 Å². The van der Waals surface area contributed by atoms with E-state index >= 15 is 0 Å². The number of benzene rings is 2. The first-order chi connectivity index (χ1) is 14.7. The van der Waals surface area contributed by atoms with Crippen molar-refractivity contribution in [1.82, 2.24) is 10.6 Å². The van der Waals surface area contributed by atoms with Crippen molar-refractivity contribution in [2.75, 3.05) is 25.5 Å². The molecule has 31 heavy (non-hydrogen) atoms. The first-order valence-corrected chi connectivity index (χ1v) is 9.81. The number of guanidine groups is 1. The molecule has 0 bridgehead atoms. The maximum absolute atomic E-state index is 12.1. The fraction of sp³-hybridized carbons (Fsp3) is 0.217. The van der Waals surface area contributed by atoms with E-state index in [-0.39, 0.29) is 35.6 Å². The quantitative estimate of drug-likeness (QED) is 0.165. The van der Waals surface area contributed by atoms with Gasteiger partial charge in [-0.25, -0.2) is 0 Å². The molecule has 1 aromatic heterocycles. The zero-order chi connectivity index (χ0) is 21.0. The molecule has 0 aliphatic carbocycles. The SMILES string of the molecule is CN=C(NCCCOc1ccccc1)NCc1cccc(NC(=O)c2ccco2)c1.I. The summed E-state index contributed by atoms with van der Waals surface area (Å²) in [6.45, 7) is 1.95. The van der Waals surface area contributed by atoms with Crippen LogP contribution in [0.5, 0.6) is 5.75 Å². The minimum absolute atomic E-state index is 0. The van der Waals surface area contributed by atoms with Crippen molar-refractivity contribution in [3.8, 4) is 5.75 Å². The average Bonchev–Trinajstić information content (AvgIpc) is 3.32. The highest BCUT2D eigenvalue weighted by Crippen LogP contribution is 2.13. The number of hydrogen-bond acceptors (Lipinski definition) is 4. The lowest BCUT2D eigenvalue weighted by molar-refractivity contribution is 0.0996. The summed E-state index contributed by atoms with van der Waals surface area (Å²) in [5.74, 6) is 1.58. The van der Waals surface area contributed by atoms with Crippen molar-refractivity contribution in [1.29, 1.82) is 0 Å². The Morgan fingerprint density at radius 3 is 2.61 bits per heavy atom. The number of rotatable bonds is 9. The molecular weight excluding hydrogens is 507 g/mol. The summed E-state index contributed by atoms with van der Waals surface area (Å²) in [6.07, 6.45) is 2.32. The molecule has 1 heterocycles. The molecule has 8 heteroatoms. The van der Waals surface area contributed by atoms with Gasteiger partial charge in [0, 0.05) is 25.8 Å². The monoisotopic (exact) mass is 534 g/mol. The number of hydrogen-bond donors (Lipinski definition) is 3. The van der Waals surface area contributed by atoms with Gasteiger partial charge in [-0.2, -0.15) is 0 Å². The van der Waals surface area contributed by atoms with E-state index in [2.05, 4.69) is 20.9 Å². The van der Waals surface area contributed by atoms with Gasteiger partial charge in [-0.05, 0) is 48.4 Å². The smallest absolute Gasteiger partial charge is 0.291 e. The summed E-state index contributed by atoms with van der Waals surface area (Å²) in [4.78, 5) is 16.3. The van der Waals surface area contributed by atoms with Gasteiger partial charge < -0.3 is 25.1 Å². The molecule has 3 N–H and O–H groups in total. The molecule has 0 radical (unpaired) electrons. The van der Waals surface area contributed by atoms with Crippen LogP contribution in [0, 0.1) is 0 Å². The Morgan fingerprint density at radius 1 is 1.03 bits per heavy atom. The summed E-state index contributed by atoms with van der Waals surface area (Å²) in [6, 6.07) is 20.7. The third-order valence-corrected chi connectivity index (χ3v) is 4.24. The molecule has 2 aromatic carbocycles. The number of anilines is 1. The van der Waals surface area contributed by atoms with Crippen LogP contribution in [0.4, 0.5) is 5.69 Å². The highest BCUT2D eigenvalue weighted by atomic mass is 127. The molecule has 0 saturated carbocycles. The lowest BCUT2D eigenvalue weighted by Gasteiger charge is -2.13. The molecule has 0 fully saturated rings. The van der Waals surface area contributed by atoms with Crippen molar-refractivity contribution >= 4 is 41.5 Å². The Labute approximate surface area is 199 Å².